The van der Waals surface area contributed by atoms with E-state index in [4.69, 9.17) is 4.98 Å². The van der Waals surface area contributed by atoms with Crippen LogP contribution in [0.4, 0.5) is 0 Å². The molecule has 1 saturated carbocycles. The smallest absolute Gasteiger partial charge is 0.112 e. The minimum Gasteiger partial charge on any atom is -0.331 e. The summed E-state index contributed by atoms with van der Waals surface area (Å²) in [6, 6.07) is 0. The van der Waals surface area contributed by atoms with Crippen LogP contribution >= 0.6 is 0 Å². The maximum atomic E-state index is 4.93. The maximum Gasteiger partial charge on any atom is 0.112 e. The molecule has 1 aromatic heterocycles. The van der Waals surface area contributed by atoms with Crippen LogP contribution in [0.25, 0.3) is 0 Å². The number of unbranched alkanes of at least 4 members (excludes halogenated alkanes) is 1. The molecular formula is C16H27N3. The van der Waals surface area contributed by atoms with E-state index in [0.717, 1.165) is 24.9 Å². The van der Waals surface area contributed by atoms with Gasteiger partial charge in [-0.05, 0) is 25.2 Å². The van der Waals surface area contributed by atoms with Crippen LogP contribution in [0.3, 0.4) is 0 Å². The van der Waals surface area contributed by atoms with Crippen molar-refractivity contribution in [2.24, 2.45) is 5.92 Å². The summed E-state index contributed by atoms with van der Waals surface area (Å²) >= 11 is 0. The second-order valence-corrected chi connectivity index (χ2v) is 6.61. The third kappa shape index (κ3) is 3.02. The molecule has 1 N–H and O–H groups in total. The van der Waals surface area contributed by atoms with Crippen molar-refractivity contribution < 1.29 is 0 Å². The lowest BCUT2D eigenvalue weighted by Gasteiger charge is -2.16. The minimum absolute atomic E-state index is 0.774. The van der Waals surface area contributed by atoms with Gasteiger partial charge in [-0.1, -0.05) is 26.7 Å². The number of rotatable bonds is 6. The van der Waals surface area contributed by atoms with Crippen molar-refractivity contribution in [1.29, 1.82) is 0 Å². The Balaban J connectivity index is 1.69. The molecule has 0 amide bonds. The van der Waals surface area contributed by atoms with Crippen molar-refractivity contribution in [3.63, 3.8) is 0 Å². The van der Waals surface area contributed by atoms with E-state index in [-0.39, 0.29) is 0 Å². The van der Waals surface area contributed by atoms with Crippen LogP contribution in [-0.2, 0) is 19.5 Å². The van der Waals surface area contributed by atoms with E-state index in [1.165, 1.54) is 62.3 Å². The first-order valence-electron chi connectivity index (χ1n) is 8.04. The average Bonchev–Trinajstić information content (AvgIpc) is 3.17. The van der Waals surface area contributed by atoms with Gasteiger partial charge in [0.1, 0.15) is 5.82 Å². The molecule has 3 nitrogen and oxygen atoms in total. The predicted molar refractivity (Wildman–Crippen MR) is 78.3 cm³/mol. The maximum absolute atomic E-state index is 4.93. The fourth-order valence-electron chi connectivity index (χ4n) is 3.12. The topological polar surface area (TPSA) is 29.9 Å². The lowest BCUT2D eigenvalue weighted by atomic mass is 10.1. The zero-order chi connectivity index (χ0) is 13.2. The third-order valence-electron chi connectivity index (χ3n) is 4.37. The van der Waals surface area contributed by atoms with Crippen LogP contribution in [-0.4, -0.2) is 16.1 Å². The highest BCUT2D eigenvalue weighted by Crippen LogP contribution is 2.40. The van der Waals surface area contributed by atoms with Crippen LogP contribution in [0.5, 0.6) is 0 Å². The van der Waals surface area contributed by atoms with Gasteiger partial charge in [0.25, 0.3) is 0 Å². The molecule has 0 atom stereocenters. The summed E-state index contributed by atoms with van der Waals surface area (Å²) in [7, 11) is 0. The lowest BCUT2D eigenvalue weighted by molar-refractivity contribution is 0.492. The second-order valence-electron chi connectivity index (χ2n) is 6.61. The first-order chi connectivity index (χ1) is 9.25. The zero-order valence-electron chi connectivity index (χ0n) is 12.4. The largest absolute Gasteiger partial charge is 0.331 e. The SMILES string of the molecule is CC(C)CCCCn1c(C2CC2)nc2c1CCNC2. The number of hydrogen-bond acceptors (Lipinski definition) is 2. The zero-order valence-corrected chi connectivity index (χ0v) is 12.4. The van der Waals surface area contributed by atoms with E-state index in [1.807, 2.05) is 0 Å². The third-order valence-corrected chi connectivity index (χ3v) is 4.37. The Bertz CT molecular complexity index is 429. The average molecular weight is 261 g/mol. The normalized spacial score (nSPS) is 18.9. The molecule has 1 aromatic rings. The lowest BCUT2D eigenvalue weighted by Crippen LogP contribution is -2.25. The Morgan fingerprint density at radius 1 is 1.32 bits per heavy atom. The van der Waals surface area contributed by atoms with E-state index in [9.17, 15) is 0 Å². The molecule has 19 heavy (non-hydrogen) atoms. The van der Waals surface area contributed by atoms with Gasteiger partial charge in [-0.15, -0.1) is 0 Å². The number of fused-ring (bicyclic) bond motifs is 1. The van der Waals surface area contributed by atoms with E-state index in [2.05, 4.69) is 23.7 Å². The van der Waals surface area contributed by atoms with Crippen LogP contribution < -0.4 is 5.32 Å². The summed E-state index contributed by atoms with van der Waals surface area (Å²) in [6.45, 7) is 7.94. The molecule has 1 fully saturated rings. The molecule has 106 valence electrons. The Kier molecular flexibility index (Phi) is 3.92. The quantitative estimate of drug-likeness (QED) is 0.797. The van der Waals surface area contributed by atoms with Gasteiger partial charge in [0, 0.05) is 37.7 Å². The summed E-state index contributed by atoms with van der Waals surface area (Å²) in [5, 5.41) is 3.45. The first kappa shape index (κ1) is 13.2. The molecular weight excluding hydrogens is 234 g/mol. The Morgan fingerprint density at radius 3 is 2.89 bits per heavy atom. The van der Waals surface area contributed by atoms with E-state index < -0.39 is 0 Å². The minimum atomic E-state index is 0.774. The molecule has 2 aliphatic rings. The highest BCUT2D eigenvalue weighted by molar-refractivity contribution is 5.24. The van der Waals surface area contributed by atoms with Crippen LogP contribution in [0.15, 0.2) is 0 Å². The number of aromatic nitrogens is 2. The molecule has 0 unspecified atom stereocenters. The molecule has 0 radical (unpaired) electrons. The summed E-state index contributed by atoms with van der Waals surface area (Å²) < 4.78 is 2.58. The molecule has 1 aliphatic carbocycles. The second kappa shape index (κ2) is 5.66. The summed E-state index contributed by atoms with van der Waals surface area (Å²) in [4.78, 5) is 4.93. The number of imidazole rings is 1. The van der Waals surface area contributed by atoms with E-state index >= 15 is 0 Å². The highest BCUT2D eigenvalue weighted by Gasteiger charge is 2.31. The molecule has 0 saturated heterocycles. The van der Waals surface area contributed by atoms with Crippen molar-refractivity contribution in [3.05, 3.63) is 17.2 Å². The number of nitrogens with zero attached hydrogens (tertiary/aromatic N) is 2. The van der Waals surface area contributed by atoms with Gasteiger partial charge in [-0.25, -0.2) is 4.98 Å². The molecule has 3 heteroatoms. The summed E-state index contributed by atoms with van der Waals surface area (Å²) in [5.74, 6) is 3.01. The van der Waals surface area contributed by atoms with Gasteiger partial charge in [0.05, 0.1) is 5.69 Å². The Hall–Kier alpha value is -0.830. The molecule has 0 bridgehead atoms. The van der Waals surface area contributed by atoms with Crippen molar-refractivity contribution in [2.75, 3.05) is 6.54 Å². The first-order valence-corrected chi connectivity index (χ1v) is 8.04. The van der Waals surface area contributed by atoms with Gasteiger partial charge < -0.3 is 9.88 Å². The monoisotopic (exact) mass is 261 g/mol. The Labute approximate surface area is 116 Å². The van der Waals surface area contributed by atoms with Crippen LogP contribution in [0, 0.1) is 5.92 Å². The van der Waals surface area contributed by atoms with Gasteiger partial charge in [-0.2, -0.15) is 0 Å². The van der Waals surface area contributed by atoms with Crippen LogP contribution in [0.2, 0.25) is 0 Å². The van der Waals surface area contributed by atoms with Crippen molar-refractivity contribution >= 4 is 0 Å². The fraction of sp³-hybridized carbons (Fsp3) is 0.812. The van der Waals surface area contributed by atoms with E-state index in [1.54, 1.807) is 0 Å². The highest BCUT2D eigenvalue weighted by atomic mass is 15.1. The van der Waals surface area contributed by atoms with Crippen molar-refractivity contribution in [2.45, 2.75) is 71.4 Å². The molecule has 1 aliphatic heterocycles. The summed E-state index contributed by atoms with van der Waals surface area (Å²) in [6.07, 6.45) is 7.90. The van der Waals surface area contributed by atoms with Crippen molar-refractivity contribution in [1.82, 2.24) is 14.9 Å². The summed E-state index contributed by atoms with van der Waals surface area (Å²) in [5.41, 5.74) is 2.86. The number of hydrogen-bond donors (Lipinski definition) is 1. The molecule has 0 spiro atoms. The fourth-order valence-corrected chi connectivity index (χ4v) is 3.12. The van der Waals surface area contributed by atoms with Gasteiger partial charge in [-0.3, -0.25) is 0 Å². The number of nitrogens with one attached hydrogen (secondary N) is 1. The Morgan fingerprint density at radius 2 is 2.16 bits per heavy atom. The van der Waals surface area contributed by atoms with Crippen LogP contribution in [0.1, 0.15) is 69.1 Å². The molecule has 3 rings (SSSR count). The standard InChI is InChI=1S/C16H27N3/c1-12(2)5-3-4-10-19-15-8-9-17-11-14(15)18-16(19)13-6-7-13/h12-13,17H,3-11H2,1-2H3. The molecule has 2 heterocycles. The van der Waals surface area contributed by atoms with Gasteiger partial charge in [0.2, 0.25) is 0 Å². The predicted octanol–water partition coefficient (Wildman–Crippen LogP) is 3.23. The van der Waals surface area contributed by atoms with Crippen molar-refractivity contribution in [3.8, 4) is 0 Å². The van der Waals surface area contributed by atoms with Gasteiger partial charge in [0.15, 0.2) is 0 Å². The molecule has 0 aromatic carbocycles. The van der Waals surface area contributed by atoms with Gasteiger partial charge >= 0.3 is 0 Å². The van der Waals surface area contributed by atoms with E-state index in [0.29, 0.717) is 0 Å².